The predicted molar refractivity (Wildman–Crippen MR) is 47.4 cm³/mol. The van der Waals surface area contributed by atoms with Crippen molar-refractivity contribution in [3.05, 3.63) is 10.6 Å². The Balaban J connectivity index is 2.40. The molecule has 60 valence electrons. The van der Waals surface area contributed by atoms with Gasteiger partial charge in [0.2, 0.25) is 0 Å². The lowest BCUT2D eigenvalue weighted by Gasteiger charge is -2.53. The van der Waals surface area contributed by atoms with E-state index in [0.29, 0.717) is 11.7 Å². The first-order chi connectivity index (χ1) is 5.03. The third-order valence-electron chi connectivity index (χ3n) is 3.24. The lowest BCUT2D eigenvalue weighted by Crippen LogP contribution is -2.51. The average molecular weight is 215 g/mol. The summed E-state index contributed by atoms with van der Waals surface area (Å²) in [6, 6.07) is 0. The highest BCUT2D eigenvalue weighted by molar-refractivity contribution is 9.12. The Morgan fingerprint density at radius 1 is 1.64 bits per heavy atom. The Hall–Kier alpha value is -0.110. The lowest BCUT2D eigenvalue weighted by atomic mass is 9.51. The van der Waals surface area contributed by atoms with Crippen molar-refractivity contribution in [2.45, 2.75) is 20.3 Å². The Bertz CT molecular complexity index is 252. The van der Waals surface area contributed by atoms with Crippen molar-refractivity contribution in [1.29, 1.82) is 0 Å². The average Bonchev–Trinajstić information content (AvgIpc) is 1.93. The van der Waals surface area contributed by atoms with Gasteiger partial charge in [0.15, 0.2) is 5.78 Å². The van der Waals surface area contributed by atoms with Crippen LogP contribution in [0.5, 0.6) is 0 Å². The summed E-state index contributed by atoms with van der Waals surface area (Å²) in [5.74, 6) is 1.21. The van der Waals surface area contributed by atoms with Crippen molar-refractivity contribution in [2.24, 2.45) is 17.3 Å². The van der Waals surface area contributed by atoms with Gasteiger partial charge in [-0.15, -0.1) is 0 Å². The van der Waals surface area contributed by atoms with Crippen LogP contribution in [0.2, 0.25) is 0 Å². The minimum Gasteiger partial charge on any atom is -0.293 e. The third kappa shape index (κ3) is 0.792. The molecule has 11 heavy (non-hydrogen) atoms. The molecule has 3 aliphatic carbocycles. The molecule has 0 spiro atoms. The summed E-state index contributed by atoms with van der Waals surface area (Å²) in [7, 11) is 0. The molecular weight excluding hydrogens is 204 g/mol. The van der Waals surface area contributed by atoms with Gasteiger partial charge in [-0.05, 0) is 33.7 Å². The summed E-state index contributed by atoms with van der Waals surface area (Å²) in [4.78, 5) is 11.5. The zero-order valence-corrected chi connectivity index (χ0v) is 8.31. The molecule has 3 aliphatic rings. The van der Waals surface area contributed by atoms with Crippen LogP contribution in [0.3, 0.4) is 0 Å². The van der Waals surface area contributed by atoms with Crippen LogP contribution in [0, 0.1) is 17.3 Å². The summed E-state index contributed by atoms with van der Waals surface area (Å²) >= 11 is 3.29. The fraction of sp³-hybridized carbons (Fsp3) is 0.667. The fourth-order valence-corrected chi connectivity index (χ4v) is 2.71. The van der Waals surface area contributed by atoms with Crippen LogP contribution in [0.4, 0.5) is 0 Å². The monoisotopic (exact) mass is 214 g/mol. The van der Waals surface area contributed by atoms with Gasteiger partial charge < -0.3 is 0 Å². The molecule has 0 N–H and O–H groups in total. The van der Waals surface area contributed by atoms with Crippen LogP contribution in [0.25, 0.3) is 0 Å². The van der Waals surface area contributed by atoms with E-state index < -0.39 is 0 Å². The number of hydrogen-bond acceptors (Lipinski definition) is 1. The van der Waals surface area contributed by atoms with Crippen molar-refractivity contribution in [3.63, 3.8) is 0 Å². The van der Waals surface area contributed by atoms with E-state index in [0.717, 1.165) is 10.9 Å². The van der Waals surface area contributed by atoms with Gasteiger partial charge in [0, 0.05) is 5.92 Å². The molecule has 0 saturated heterocycles. The van der Waals surface area contributed by atoms with E-state index in [2.05, 4.69) is 35.9 Å². The molecule has 1 saturated carbocycles. The number of fused-ring (bicyclic) bond motifs is 1. The van der Waals surface area contributed by atoms with E-state index in [1.54, 1.807) is 0 Å². The van der Waals surface area contributed by atoms with Crippen molar-refractivity contribution in [1.82, 2.24) is 0 Å². The van der Waals surface area contributed by atoms with Gasteiger partial charge in [-0.2, -0.15) is 0 Å². The van der Waals surface area contributed by atoms with Crippen LogP contribution in [0.1, 0.15) is 20.3 Å². The van der Waals surface area contributed by atoms with E-state index in [-0.39, 0.29) is 11.3 Å². The Kier molecular flexibility index (Phi) is 1.35. The van der Waals surface area contributed by atoms with Crippen LogP contribution < -0.4 is 0 Å². The van der Waals surface area contributed by atoms with Gasteiger partial charge >= 0.3 is 0 Å². The predicted octanol–water partition coefficient (Wildman–Crippen LogP) is 2.51. The molecule has 1 fully saturated rings. The first-order valence-electron chi connectivity index (χ1n) is 3.95. The number of carbonyl (C=O) groups is 1. The molecule has 0 aliphatic heterocycles. The largest absolute Gasteiger partial charge is 0.293 e. The molecular formula is C9H11BrO. The zero-order chi connectivity index (χ0) is 8.22. The first kappa shape index (κ1) is 7.53. The first-order valence-corrected chi connectivity index (χ1v) is 4.74. The van der Waals surface area contributed by atoms with Crippen LogP contribution in [-0.4, -0.2) is 5.78 Å². The fourth-order valence-electron chi connectivity index (χ4n) is 2.11. The van der Waals surface area contributed by atoms with Gasteiger partial charge in [0.05, 0.1) is 4.48 Å². The highest BCUT2D eigenvalue weighted by atomic mass is 79.9. The Labute approximate surface area is 75.0 Å². The minimum absolute atomic E-state index is 0.231. The van der Waals surface area contributed by atoms with Gasteiger partial charge in [0.1, 0.15) is 0 Å². The van der Waals surface area contributed by atoms with E-state index in [9.17, 15) is 4.79 Å². The number of carbonyl (C=O) groups excluding carboxylic acids is 1. The van der Waals surface area contributed by atoms with Gasteiger partial charge in [-0.25, -0.2) is 0 Å². The Morgan fingerprint density at radius 3 is 2.64 bits per heavy atom. The number of allylic oxidation sites excluding steroid dienone is 2. The zero-order valence-electron chi connectivity index (χ0n) is 6.73. The molecule has 0 aromatic carbocycles. The normalized spacial score (nSPS) is 39.5. The number of halogens is 1. The van der Waals surface area contributed by atoms with Crippen molar-refractivity contribution >= 4 is 21.7 Å². The van der Waals surface area contributed by atoms with Crippen molar-refractivity contribution in [2.75, 3.05) is 0 Å². The highest BCUT2D eigenvalue weighted by Gasteiger charge is 2.53. The summed E-state index contributed by atoms with van der Waals surface area (Å²) < 4.78 is 0.804. The van der Waals surface area contributed by atoms with Crippen molar-refractivity contribution in [3.8, 4) is 0 Å². The SMILES string of the molecule is CC1(C)C2C=C(Br)C(=O)C1C2. The standard InChI is InChI=1S/C9H11BrO/c1-9(2)5-3-6(9)8(11)7(10)4-5/h4-6H,3H2,1-2H3. The molecule has 0 radical (unpaired) electrons. The van der Waals surface area contributed by atoms with Crippen LogP contribution in [0.15, 0.2) is 10.6 Å². The summed E-state index contributed by atoms with van der Waals surface area (Å²) in [5.41, 5.74) is 0.231. The molecule has 1 nitrogen and oxygen atoms in total. The molecule has 2 unspecified atom stereocenters. The number of ketones is 1. The highest BCUT2D eigenvalue weighted by Crippen LogP contribution is 2.57. The molecule has 2 atom stereocenters. The quantitative estimate of drug-likeness (QED) is 0.606. The van der Waals surface area contributed by atoms with E-state index in [1.807, 2.05) is 0 Å². The van der Waals surface area contributed by atoms with Gasteiger partial charge in [-0.3, -0.25) is 4.79 Å². The van der Waals surface area contributed by atoms with Crippen molar-refractivity contribution < 1.29 is 4.79 Å². The third-order valence-corrected chi connectivity index (χ3v) is 3.90. The van der Waals surface area contributed by atoms with Gasteiger partial charge in [0.25, 0.3) is 0 Å². The second-order valence-electron chi connectivity index (χ2n) is 4.10. The second kappa shape index (κ2) is 1.98. The molecule has 2 heteroatoms. The molecule has 0 heterocycles. The van der Waals surface area contributed by atoms with E-state index >= 15 is 0 Å². The molecule has 0 aromatic rings. The smallest absolute Gasteiger partial charge is 0.173 e. The number of rotatable bonds is 0. The van der Waals surface area contributed by atoms with E-state index in [1.165, 1.54) is 0 Å². The molecule has 3 rings (SSSR count). The van der Waals surface area contributed by atoms with Crippen LogP contribution >= 0.6 is 15.9 Å². The maximum atomic E-state index is 11.5. The second-order valence-corrected chi connectivity index (χ2v) is 4.95. The number of hydrogen-bond donors (Lipinski definition) is 0. The summed E-state index contributed by atoms with van der Waals surface area (Å²) in [6.45, 7) is 4.36. The maximum absolute atomic E-state index is 11.5. The molecule has 0 aromatic heterocycles. The lowest BCUT2D eigenvalue weighted by molar-refractivity contribution is -0.133. The van der Waals surface area contributed by atoms with Crippen LogP contribution in [-0.2, 0) is 4.79 Å². The van der Waals surface area contributed by atoms with Gasteiger partial charge in [-0.1, -0.05) is 19.9 Å². The summed E-state index contributed by atoms with van der Waals surface area (Å²) in [6.07, 6.45) is 3.14. The summed E-state index contributed by atoms with van der Waals surface area (Å²) in [5, 5.41) is 0. The number of Topliss-reactive ketones (excluding diaryl/α,β-unsaturated/α-hetero) is 1. The topological polar surface area (TPSA) is 17.1 Å². The minimum atomic E-state index is 0.231. The molecule has 2 bridgehead atoms. The molecule has 0 amide bonds. The Morgan fingerprint density at radius 2 is 2.27 bits per heavy atom. The maximum Gasteiger partial charge on any atom is 0.173 e. The van der Waals surface area contributed by atoms with E-state index in [4.69, 9.17) is 0 Å².